The minimum atomic E-state index is -0.206. The zero-order valence-electron chi connectivity index (χ0n) is 24.6. The molecule has 208 valence electrons. The molecule has 2 nitrogen and oxygen atoms in total. The molecule has 5 aromatic carbocycles. The standard InChI is InChI=1S/C38H33FN2S/c1-22(2)30-19-26(25-11-7-6-8-12-25)20-31(23(3)4)36(30)41-33-14-10-9-13-32(33)40-38(41)29-17-15-24(5)35-28-18-16-27(39)21-34(28)42-37(29)35/h6-23H,1-5H3. The Hall–Kier alpha value is -4.28. The van der Waals surface area contributed by atoms with Gasteiger partial charge < -0.3 is 0 Å². The van der Waals surface area contributed by atoms with Gasteiger partial charge in [-0.1, -0.05) is 76.2 Å². The number of aryl methyl sites for hydroxylation is 1. The van der Waals surface area contributed by atoms with Gasteiger partial charge in [0.2, 0.25) is 0 Å². The highest BCUT2D eigenvalue weighted by Crippen LogP contribution is 2.45. The van der Waals surface area contributed by atoms with Crippen LogP contribution in [0.3, 0.4) is 0 Å². The van der Waals surface area contributed by atoms with Crippen molar-refractivity contribution in [2.75, 3.05) is 0 Å². The third-order valence-corrected chi connectivity index (χ3v) is 9.52. The van der Waals surface area contributed by atoms with Crippen LogP contribution in [-0.4, -0.2) is 9.55 Å². The monoisotopic (exact) mass is 568 g/mol. The van der Waals surface area contributed by atoms with Gasteiger partial charge in [0.25, 0.3) is 0 Å². The summed E-state index contributed by atoms with van der Waals surface area (Å²) >= 11 is 1.65. The second kappa shape index (κ2) is 10.2. The fourth-order valence-corrected chi connectivity index (χ4v) is 7.56. The van der Waals surface area contributed by atoms with Gasteiger partial charge in [0.1, 0.15) is 11.6 Å². The van der Waals surface area contributed by atoms with Gasteiger partial charge in [-0.05, 0) is 95.1 Å². The quantitative estimate of drug-likeness (QED) is 0.202. The van der Waals surface area contributed by atoms with Crippen molar-refractivity contribution in [3.8, 4) is 28.2 Å². The van der Waals surface area contributed by atoms with Gasteiger partial charge in [0.05, 0.1) is 16.7 Å². The van der Waals surface area contributed by atoms with E-state index in [4.69, 9.17) is 4.98 Å². The number of halogens is 1. The number of thiophene rings is 1. The van der Waals surface area contributed by atoms with Gasteiger partial charge in [-0.2, -0.15) is 0 Å². The van der Waals surface area contributed by atoms with Gasteiger partial charge in [0.15, 0.2) is 0 Å². The lowest BCUT2D eigenvalue weighted by atomic mass is 9.88. The molecule has 7 aromatic rings. The highest BCUT2D eigenvalue weighted by atomic mass is 32.1. The molecule has 0 saturated heterocycles. The molecule has 0 amide bonds. The Morgan fingerprint density at radius 1 is 0.738 bits per heavy atom. The molecule has 0 saturated carbocycles. The Bertz CT molecular complexity index is 2090. The number of para-hydroxylation sites is 2. The van der Waals surface area contributed by atoms with Crippen molar-refractivity contribution in [2.45, 2.75) is 46.5 Å². The highest BCUT2D eigenvalue weighted by molar-refractivity contribution is 7.26. The zero-order valence-corrected chi connectivity index (χ0v) is 25.4. The van der Waals surface area contributed by atoms with Crippen LogP contribution in [0.15, 0.2) is 97.1 Å². The van der Waals surface area contributed by atoms with Crippen molar-refractivity contribution in [2.24, 2.45) is 0 Å². The topological polar surface area (TPSA) is 17.8 Å². The van der Waals surface area contributed by atoms with Gasteiger partial charge in [0, 0.05) is 25.7 Å². The first kappa shape index (κ1) is 26.6. The summed E-state index contributed by atoms with van der Waals surface area (Å²) in [6, 6.07) is 33.3. The predicted molar refractivity (Wildman–Crippen MR) is 178 cm³/mol. The minimum Gasteiger partial charge on any atom is -0.292 e. The molecule has 42 heavy (non-hydrogen) atoms. The fraction of sp³-hybridized carbons (Fsp3) is 0.184. The first-order valence-electron chi connectivity index (χ1n) is 14.6. The summed E-state index contributed by atoms with van der Waals surface area (Å²) in [5.74, 6) is 1.30. The third kappa shape index (κ3) is 4.24. The molecule has 2 heterocycles. The Labute approximate surface area is 250 Å². The van der Waals surface area contributed by atoms with E-state index in [1.165, 1.54) is 38.9 Å². The van der Waals surface area contributed by atoms with Crippen molar-refractivity contribution in [1.29, 1.82) is 0 Å². The Balaban J connectivity index is 1.60. The average molecular weight is 569 g/mol. The van der Waals surface area contributed by atoms with Crippen LogP contribution in [0, 0.1) is 12.7 Å². The number of fused-ring (bicyclic) bond motifs is 4. The van der Waals surface area contributed by atoms with Gasteiger partial charge in [-0.15, -0.1) is 11.3 Å². The summed E-state index contributed by atoms with van der Waals surface area (Å²) in [6.45, 7) is 11.3. The molecule has 7 rings (SSSR count). The molecule has 0 aliphatic carbocycles. The Kier molecular flexibility index (Phi) is 6.47. The molecule has 0 spiro atoms. The number of rotatable bonds is 5. The van der Waals surface area contributed by atoms with E-state index in [0.29, 0.717) is 11.8 Å². The molecule has 2 aromatic heterocycles. The molecule has 0 aliphatic rings. The van der Waals surface area contributed by atoms with Crippen LogP contribution in [0.5, 0.6) is 0 Å². The highest BCUT2D eigenvalue weighted by Gasteiger charge is 2.25. The van der Waals surface area contributed by atoms with E-state index in [9.17, 15) is 4.39 Å². The molecule has 0 fully saturated rings. The van der Waals surface area contributed by atoms with Crippen LogP contribution < -0.4 is 0 Å². The molecular weight excluding hydrogens is 535 g/mol. The van der Waals surface area contributed by atoms with E-state index >= 15 is 0 Å². The number of hydrogen-bond donors (Lipinski definition) is 0. The lowest BCUT2D eigenvalue weighted by Gasteiger charge is -2.24. The molecule has 0 bridgehead atoms. The average Bonchev–Trinajstić information content (AvgIpc) is 3.56. The van der Waals surface area contributed by atoms with Crippen molar-refractivity contribution >= 4 is 42.5 Å². The Morgan fingerprint density at radius 3 is 2.14 bits per heavy atom. The number of nitrogens with zero attached hydrogens (tertiary/aromatic N) is 2. The first-order valence-corrected chi connectivity index (χ1v) is 15.5. The van der Waals surface area contributed by atoms with Crippen LogP contribution in [0.2, 0.25) is 0 Å². The minimum absolute atomic E-state index is 0.206. The molecule has 4 heteroatoms. The summed E-state index contributed by atoms with van der Waals surface area (Å²) in [6.07, 6.45) is 0. The van der Waals surface area contributed by atoms with Crippen LogP contribution in [-0.2, 0) is 0 Å². The van der Waals surface area contributed by atoms with Gasteiger partial charge in [-0.25, -0.2) is 9.37 Å². The summed E-state index contributed by atoms with van der Waals surface area (Å²) in [5.41, 5.74) is 10.6. The second-order valence-electron chi connectivity index (χ2n) is 11.8. The lowest BCUT2D eigenvalue weighted by Crippen LogP contribution is -2.09. The molecule has 0 aliphatic heterocycles. The predicted octanol–water partition coefficient (Wildman–Crippen LogP) is 11.4. The summed E-state index contributed by atoms with van der Waals surface area (Å²) in [7, 11) is 0. The van der Waals surface area contributed by atoms with Crippen LogP contribution >= 0.6 is 11.3 Å². The van der Waals surface area contributed by atoms with Crippen molar-refractivity contribution < 1.29 is 4.39 Å². The maximum absolute atomic E-state index is 14.3. The van der Waals surface area contributed by atoms with Gasteiger partial charge >= 0.3 is 0 Å². The maximum atomic E-state index is 14.3. The van der Waals surface area contributed by atoms with Crippen LogP contribution in [0.25, 0.3) is 59.4 Å². The van der Waals surface area contributed by atoms with E-state index in [1.807, 2.05) is 6.07 Å². The van der Waals surface area contributed by atoms with Crippen molar-refractivity contribution in [3.63, 3.8) is 0 Å². The maximum Gasteiger partial charge on any atom is 0.147 e. The van der Waals surface area contributed by atoms with E-state index in [1.54, 1.807) is 23.5 Å². The number of benzene rings is 5. The summed E-state index contributed by atoms with van der Waals surface area (Å²) in [4.78, 5) is 5.30. The number of hydrogen-bond acceptors (Lipinski definition) is 2. The SMILES string of the molecule is Cc1ccc(-c2nc3ccccc3n2-c2c(C(C)C)cc(-c3ccccc3)cc2C(C)C)c2sc3cc(F)ccc3c12. The summed E-state index contributed by atoms with van der Waals surface area (Å²) < 4.78 is 18.8. The smallest absolute Gasteiger partial charge is 0.147 e. The second-order valence-corrected chi connectivity index (χ2v) is 12.9. The largest absolute Gasteiger partial charge is 0.292 e. The van der Waals surface area contributed by atoms with Crippen LogP contribution in [0.1, 0.15) is 56.2 Å². The van der Waals surface area contributed by atoms with E-state index in [2.05, 4.69) is 118 Å². The zero-order chi connectivity index (χ0) is 29.1. The number of imidazole rings is 1. The van der Waals surface area contributed by atoms with E-state index in [-0.39, 0.29) is 5.82 Å². The molecule has 0 atom stereocenters. The molecule has 0 N–H and O–H groups in total. The first-order chi connectivity index (χ1) is 20.3. The fourth-order valence-electron chi connectivity index (χ4n) is 6.24. The Morgan fingerprint density at radius 2 is 1.43 bits per heavy atom. The molecule has 0 radical (unpaired) electrons. The van der Waals surface area contributed by atoms with Crippen molar-refractivity contribution in [1.82, 2.24) is 9.55 Å². The van der Waals surface area contributed by atoms with Crippen molar-refractivity contribution in [3.05, 3.63) is 120 Å². The molecular formula is C38H33FN2S. The van der Waals surface area contributed by atoms with E-state index in [0.717, 1.165) is 37.2 Å². The summed E-state index contributed by atoms with van der Waals surface area (Å²) in [5, 5.41) is 2.27. The van der Waals surface area contributed by atoms with Crippen LogP contribution in [0.4, 0.5) is 4.39 Å². The van der Waals surface area contributed by atoms with E-state index < -0.39 is 0 Å². The number of aromatic nitrogens is 2. The molecule has 0 unspecified atom stereocenters. The lowest BCUT2D eigenvalue weighted by molar-refractivity contribution is 0.630. The normalized spacial score (nSPS) is 12.0. The van der Waals surface area contributed by atoms with Gasteiger partial charge in [-0.3, -0.25) is 4.57 Å². The third-order valence-electron chi connectivity index (χ3n) is 8.34.